The van der Waals surface area contributed by atoms with Crippen LogP contribution in [0, 0.1) is 5.82 Å². The first kappa shape index (κ1) is 15.2. The molecule has 3 rings (SSSR count). The van der Waals surface area contributed by atoms with E-state index in [0.717, 1.165) is 22.0 Å². The number of halogens is 1. The zero-order valence-corrected chi connectivity index (χ0v) is 12.6. The molecular weight excluding hydrogens is 291 g/mol. The Labute approximate surface area is 134 Å². The standard InChI is InChI=1S/C19H17FN2O/c20-17-8-1-4-14(12-17)9-11-21-18(23)13-16-6-2-5-15-7-3-10-22-19(15)16/h1-8,10,12H,9,11,13H2,(H,21,23). The zero-order valence-electron chi connectivity index (χ0n) is 12.6. The summed E-state index contributed by atoms with van der Waals surface area (Å²) in [5.41, 5.74) is 2.64. The van der Waals surface area contributed by atoms with E-state index in [1.54, 1.807) is 12.3 Å². The second-order valence-electron chi connectivity index (χ2n) is 5.40. The van der Waals surface area contributed by atoms with Gasteiger partial charge in [0.05, 0.1) is 11.9 Å². The number of para-hydroxylation sites is 1. The SMILES string of the molecule is O=C(Cc1cccc2cccnc12)NCCc1cccc(F)c1. The average molecular weight is 308 g/mol. The Morgan fingerprint density at radius 3 is 2.78 bits per heavy atom. The molecule has 0 saturated carbocycles. The third-order valence-electron chi connectivity index (χ3n) is 3.69. The molecule has 1 heterocycles. The smallest absolute Gasteiger partial charge is 0.224 e. The fraction of sp³-hybridized carbons (Fsp3) is 0.158. The van der Waals surface area contributed by atoms with Crippen LogP contribution in [0.25, 0.3) is 10.9 Å². The lowest BCUT2D eigenvalue weighted by Crippen LogP contribution is -2.27. The van der Waals surface area contributed by atoms with Crippen LogP contribution < -0.4 is 5.32 Å². The monoisotopic (exact) mass is 308 g/mol. The van der Waals surface area contributed by atoms with E-state index in [1.165, 1.54) is 12.1 Å². The van der Waals surface area contributed by atoms with Gasteiger partial charge in [-0.15, -0.1) is 0 Å². The molecule has 0 spiro atoms. The summed E-state index contributed by atoms with van der Waals surface area (Å²) in [5, 5.41) is 3.90. The van der Waals surface area contributed by atoms with E-state index in [4.69, 9.17) is 0 Å². The summed E-state index contributed by atoms with van der Waals surface area (Å²) in [6.45, 7) is 0.487. The molecule has 0 saturated heterocycles. The predicted molar refractivity (Wildman–Crippen MR) is 88.6 cm³/mol. The number of pyridine rings is 1. The molecule has 0 aliphatic carbocycles. The van der Waals surface area contributed by atoms with Crippen LogP contribution in [0.1, 0.15) is 11.1 Å². The molecule has 23 heavy (non-hydrogen) atoms. The molecule has 0 fully saturated rings. The molecular formula is C19H17FN2O. The zero-order chi connectivity index (χ0) is 16.1. The summed E-state index contributed by atoms with van der Waals surface area (Å²) in [6.07, 6.45) is 2.63. The molecule has 0 aliphatic heterocycles. The summed E-state index contributed by atoms with van der Waals surface area (Å²) >= 11 is 0. The van der Waals surface area contributed by atoms with Crippen molar-refractivity contribution in [2.75, 3.05) is 6.54 Å². The van der Waals surface area contributed by atoms with Crippen molar-refractivity contribution in [3.8, 4) is 0 Å². The predicted octanol–water partition coefficient (Wildman–Crippen LogP) is 3.28. The fourth-order valence-electron chi connectivity index (χ4n) is 2.58. The molecule has 4 heteroatoms. The van der Waals surface area contributed by atoms with Gasteiger partial charge in [0, 0.05) is 18.1 Å². The van der Waals surface area contributed by atoms with Crippen molar-refractivity contribution in [2.24, 2.45) is 0 Å². The second-order valence-corrected chi connectivity index (χ2v) is 5.40. The summed E-state index contributed by atoms with van der Waals surface area (Å²) in [7, 11) is 0. The Bertz CT molecular complexity index is 827. The van der Waals surface area contributed by atoms with Gasteiger partial charge in [0.15, 0.2) is 0 Å². The lowest BCUT2D eigenvalue weighted by molar-refractivity contribution is -0.120. The van der Waals surface area contributed by atoms with Crippen LogP contribution in [0.15, 0.2) is 60.8 Å². The van der Waals surface area contributed by atoms with Crippen LogP contribution in [0.3, 0.4) is 0 Å². The van der Waals surface area contributed by atoms with Crippen molar-refractivity contribution < 1.29 is 9.18 Å². The van der Waals surface area contributed by atoms with Gasteiger partial charge in [-0.1, -0.05) is 36.4 Å². The Hall–Kier alpha value is -2.75. The van der Waals surface area contributed by atoms with Gasteiger partial charge in [-0.2, -0.15) is 0 Å². The number of benzene rings is 2. The first-order chi connectivity index (χ1) is 11.2. The molecule has 3 aromatic rings. The van der Waals surface area contributed by atoms with E-state index in [9.17, 15) is 9.18 Å². The maximum absolute atomic E-state index is 13.1. The van der Waals surface area contributed by atoms with Gasteiger partial charge in [0.2, 0.25) is 5.91 Å². The number of hydrogen-bond acceptors (Lipinski definition) is 2. The Balaban J connectivity index is 1.59. The highest BCUT2D eigenvalue weighted by Gasteiger charge is 2.07. The van der Waals surface area contributed by atoms with E-state index in [2.05, 4.69) is 10.3 Å². The Morgan fingerprint density at radius 1 is 1.09 bits per heavy atom. The van der Waals surface area contributed by atoms with Crippen molar-refractivity contribution in [2.45, 2.75) is 12.8 Å². The first-order valence-electron chi connectivity index (χ1n) is 7.56. The topological polar surface area (TPSA) is 42.0 Å². The molecule has 116 valence electrons. The molecule has 0 aliphatic rings. The number of aromatic nitrogens is 1. The van der Waals surface area contributed by atoms with Crippen molar-refractivity contribution in [3.05, 3.63) is 77.7 Å². The molecule has 1 aromatic heterocycles. The average Bonchev–Trinajstić information content (AvgIpc) is 2.55. The minimum atomic E-state index is -0.254. The Kier molecular flexibility index (Phi) is 4.62. The lowest BCUT2D eigenvalue weighted by Gasteiger charge is -2.07. The van der Waals surface area contributed by atoms with E-state index in [1.807, 2.05) is 36.4 Å². The van der Waals surface area contributed by atoms with Crippen molar-refractivity contribution in [1.82, 2.24) is 10.3 Å². The van der Waals surface area contributed by atoms with Crippen LogP contribution in [0.5, 0.6) is 0 Å². The van der Waals surface area contributed by atoms with Crippen LogP contribution >= 0.6 is 0 Å². The highest BCUT2D eigenvalue weighted by molar-refractivity contribution is 5.87. The summed E-state index contributed by atoms with van der Waals surface area (Å²) in [5.74, 6) is -0.310. The number of amides is 1. The highest BCUT2D eigenvalue weighted by Crippen LogP contribution is 2.16. The van der Waals surface area contributed by atoms with E-state index in [-0.39, 0.29) is 18.1 Å². The molecule has 0 unspecified atom stereocenters. The maximum Gasteiger partial charge on any atom is 0.224 e. The van der Waals surface area contributed by atoms with Crippen molar-refractivity contribution >= 4 is 16.8 Å². The van der Waals surface area contributed by atoms with E-state index >= 15 is 0 Å². The third kappa shape index (κ3) is 3.92. The number of hydrogen-bond donors (Lipinski definition) is 1. The van der Waals surface area contributed by atoms with E-state index in [0.29, 0.717) is 13.0 Å². The van der Waals surface area contributed by atoms with Gasteiger partial charge in [-0.3, -0.25) is 9.78 Å². The van der Waals surface area contributed by atoms with Crippen LogP contribution in [-0.4, -0.2) is 17.4 Å². The lowest BCUT2D eigenvalue weighted by atomic mass is 10.1. The number of carbonyl (C=O) groups is 1. The third-order valence-corrected chi connectivity index (χ3v) is 3.69. The first-order valence-corrected chi connectivity index (χ1v) is 7.56. The largest absolute Gasteiger partial charge is 0.355 e. The molecule has 0 radical (unpaired) electrons. The van der Waals surface area contributed by atoms with Gasteiger partial charge in [-0.25, -0.2) is 4.39 Å². The molecule has 1 N–H and O–H groups in total. The van der Waals surface area contributed by atoms with Gasteiger partial charge >= 0.3 is 0 Å². The summed E-state index contributed by atoms with van der Waals surface area (Å²) < 4.78 is 13.1. The molecule has 2 aromatic carbocycles. The van der Waals surface area contributed by atoms with Gasteiger partial charge in [0.25, 0.3) is 0 Å². The number of carbonyl (C=O) groups excluding carboxylic acids is 1. The molecule has 1 amide bonds. The normalized spacial score (nSPS) is 10.7. The maximum atomic E-state index is 13.1. The minimum absolute atomic E-state index is 0.0560. The second kappa shape index (κ2) is 7.01. The number of nitrogens with one attached hydrogen (secondary N) is 1. The van der Waals surface area contributed by atoms with Gasteiger partial charge in [-0.05, 0) is 35.7 Å². The number of fused-ring (bicyclic) bond motifs is 1. The minimum Gasteiger partial charge on any atom is -0.355 e. The quantitative estimate of drug-likeness (QED) is 0.786. The fourth-order valence-corrected chi connectivity index (χ4v) is 2.58. The van der Waals surface area contributed by atoms with E-state index < -0.39 is 0 Å². The van der Waals surface area contributed by atoms with Crippen LogP contribution in [-0.2, 0) is 17.6 Å². The van der Waals surface area contributed by atoms with Crippen LogP contribution in [0.2, 0.25) is 0 Å². The molecule has 3 nitrogen and oxygen atoms in total. The van der Waals surface area contributed by atoms with Crippen molar-refractivity contribution in [3.63, 3.8) is 0 Å². The summed E-state index contributed by atoms with van der Waals surface area (Å²) in [4.78, 5) is 16.5. The van der Waals surface area contributed by atoms with Gasteiger partial charge in [0.1, 0.15) is 5.82 Å². The number of nitrogens with zero attached hydrogens (tertiary/aromatic N) is 1. The number of rotatable bonds is 5. The van der Waals surface area contributed by atoms with Crippen molar-refractivity contribution in [1.29, 1.82) is 0 Å². The Morgan fingerprint density at radius 2 is 1.91 bits per heavy atom. The molecule has 0 bridgehead atoms. The summed E-state index contributed by atoms with van der Waals surface area (Å²) in [6, 6.07) is 16.1. The highest BCUT2D eigenvalue weighted by atomic mass is 19.1. The molecule has 0 atom stereocenters. The van der Waals surface area contributed by atoms with Gasteiger partial charge < -0.3 is 5.32 Å². The van der Waals surface area contributed by atoms with Crippen LogP contribution in [0.4, 0.5) is 4.39 Å².